The molecule has 2 atom stereocenters. The van der Waals surface area contributed by atoms with Crippen LogP contribution < -0.4 is 19.1 Å². The zero-order valence-corrected chi connectivity index (χ0v) is 23.0. The van der Waals surface area contributed by atoms with E-state index in [1.165, 1.54) is 31.3 Å². The monoisotopic (exact) mass is 539 g/mol. The van der Waals surface area contributed by atoms with Gasteiger partial charge in [-0.15, -0.1) is 0 Å². The smallest absolute Gasteiger partial charge is 0.244 e. The lowest BCUT2D eigenvalue weighted by molar-refractivity contribution is -0.139. The number of nitrogens with one attached hydrogen (secondary N) is 1. The number of anilines is 1. The van der Waals surface area contributed by atoms with Crippen molar-refractivity contribution >= 4 is 39.1 Å². The molecule has 0 spiro atoms. The van der Waals surface area contributed by atoms with Gasteiger partial charge < -0.3 is 19.7 Å². The van der Waals surface area contributed by atoms with Crippen molar-refractivity contribution in [2.75, 3.05) is 31.3 Å². The summed E-state index contributed by atoms with van der Waals surface area (Å²) in [5.41, 5.74) is 0.852. The number of carbonyl (C=O) groups excluding carboxylic acids is 2. The fourth-order valence-corrected chi connectivity index (χ4v) is 4.49. The molecule has 2 aromatic rings. The Morgan fingerprint density at radius 3 is 2.25 bits per heavy atom. The summed E-state index contributed by atoms with van der Waals surface area (Å²) in [5.74, 6) is -0.189. The van der Waals surface area contributed by atoms with Gasteiger partial charge in [-0.3, -0.25) is 13.9 Å². The number of rotatable bonds is 12. The minimum atomic E-state index is -3.88. The Morgan fingerprint density at radius 1 is 1.06 bits per heavy atom. The number of ether oxygens (including phenoxy) is 2. The predicted molar refractivity (Wildman–Crippen MR) is 141 cm³/mol. The maximum atomic E-state index is 13.6. The molecule has 0 aliphatic rings. The number of sulfonamides is 1. The summed E-state index contributed by atoms with van der Waals surface area (Å²) >= 11 is 6.33. The van der Waals surface area contributed by atoms with Gasteiger partial charge in [0.1, 0.15) is 12.6 Å². The third kappa shape index (κ3) is 7.51. The number of benzene rings is 2. The summed E-state index contributed by atoms with van der Waals surface area (Å²) in [6, 6.07) is 10.6. The second kappa shape index (κ2) is 12.8. The molecule has 36 heavy (non-hydrogen) atoms. The molecule has 11 heteroatoms. The Balaban J connectivity index is 2.45. The number of amides is 2. The van der Waals surface area contributed by atoms with Crippen LogP contribution in [0.2, 0.25) is 5.02 Å². The van der Waals surface area contributed by atoms with E-state index >= 15 is 0 Å². The van der Waals surface area contributed by atoms with E-state index < -0.39 is 28.5 Å². The summed E-state index contributed by atoms with van der Waals surface area (Å²) in [5, 5.41) is 3.31. The van der Waals surface area contributed by atoms with Gasteiger partial charge in [0.2, 0.25) is 21.8 Å². The van der Waals surface area contributed by atoms with Gasteiger partial charge in [0.25, 0.3) is 0 Å². The molecule has 0 saturated heterocycles. The number of hydrogen-bond donors (Lipinski definition) is 1. The SMILES string of the molecule is CC[C@@H](C)NC(=O)[C@@H](C)N(Cc1ccccc1Cl)C(=O)CN(c1ccc(OC)c(OC)c1)S(C)(=O)=O. The fourth-order valence-electron chi connectivity index (χ4n) is 3.45. The largest absolute Gasteiger partial charge is 0.493 e. The molecule has 0 bridgehead atoms. The van der Waals surface area contributed by atoms with E-state index in [1.54, 1.807) is 37.3 Å². The minimum absolute atomic E-state index is 0.0249. The Labute approximate surface area is 218 Å². The summed E-state index contributed by atoms with van der Waals surface area (Å²) in [4.78, 5) is 27.9. The summed E-state index contributed by atoms with van der Waals surface area (Å²) in [6.45, 7) is 4.91. The van der Waals surface area contributed by atoms with E-state index in [1.807, 2.05) is 13.8 Å². The normalized spacial score (nSPS) is 12.9. The highest BCUT2D eigenvalue weighted by atomic mass is 35.5. The predicted octanol–water partition coefficient (Wildman–Crippen LogP) is 3.46. The molecule has 2 amide bonds. The Kier molecular flexibility index (Phi) is 10.4. The van der Waals surface area contributed by atoms with Crippen molar-refractivity contribution in [2.45, 2.75) is 45.8 Å². The van der Waals surface area contributed by atoms with E-state index in [9.17, 15) is 18.0 Å². The van der Waals surface area contributed by atoms with E-state index in [-0.39, 0.29) is 24.2 Å². The quantitative estimate of drug-likeness (QED) is 0.443. The molecule has 0 aliphatic heterocycles. The Bertz CT molecular complexity index is 1170. The average Bonchev–Trinajstić information content (AvgIpc) is 2.84. The molecule has 0 unspecified atom stereocenters. The van der Waals surface area contributed by atoms with Crippen LogP contribution in [0.15, 0.2) is 42.5 Å². The third-order valence-corrected chi connectivity index (χ3v) is 7.31. The maximum Gasteiger partial charge on any atom is 0.244 e. The number of nitrogens with zero attached hydrogens (tertiary/aromatic N) is 2. The number of hydrogen-bond acceptors (Lipinski definition) is 6. The lowest BCUT2D eigenvalue weighted by Gasteiger charge is -2.32. The van der Waals surface area contributed by atoms with Crippen LogP contribution in [0, 0.1) is 0 Å². The van der Waals surface area contributed by atoms with Gasteiger partial charge in [-0.2, -0.15) is 0 Å². The van der Waals surface area contributed by atoms with Gasteiger partial charge in [0.15, 0.2) is 11.5 Å². The van der Waals surface area contributed by atoms with Crippen molar-refractivity contribution in [3.63, 3.8) is 0 Å². The molecule has 0 radical (unpaired) electrons. The molecular formula is C25H34ClN3O6S. The molecule has 2 rings (SSSR count). The van der Waals surface area contributed by atoms with E-state index in [4.69, 9.17) is 21.1 Å². The summed E-state index contributed by atoms with van der Waals surface area (Å²) < 4.78 is 36.9. The van der Waals surface area contributed by atoms with Crippen LogP contribution in [-0.2, 0) is 26.2 Å². The van der Waals surface area contributed by atoms with Crippen LogP contribution in [-0.4, -0.2) is 64.2 Å². The first kappa shape index (κ1) is 29.3. The fraction of sp³-hybridized carbons (Fsp3) is 0.440. The van der Waals surface area contributed by atoms with Gasteiger partial charge in [-0.05, 0) is 44.0 Å². The van der Waals surface area contributed by atoms with Gasteiger partial charge >= 0.3 is 0 Å². The number of carbonyl (C=O) groups is 2. The molecule has 198 valence electrons. The summed E-state index contributed by atoms with van der Waals surface area (Å²) in [7, 11) is -0.981. The van der Waals surface area contributed by atoms with Crippen LogP contribution in [0.1, 0.15) is 32.8 Å². The van der Waals surface area contributed by atoms with Gasteiger partial charge in [0, 0.05) is 23.7 Å². The van der Waals surface area contributed by atoms with Crippen molar-refractivity contribution in [3.8, 4) is 11.5 Å². The first-order valence-electron chi connectivity index (χ1n) is 11.5. The van der Waals surface area contributed by atoms with Crippen molar-refractivity contribution in [2.24, 2.45) is 0 Å². The second-order valence-electron chi connectivity index (χ2n) is 8.42. The average molecular weight is 540 g/mol. The van der Waals surface area contributed by atoms with Crippen molar-refractivity contribution in [1.82, 2.24) is 10.2 Å². The first-order chi connectivity index (χ1) is 16.9. The van der Waals surface area contributed by atoms with Crippen LogP contribution in [0.25, 0.3) is 0 Å². The van der Waals surface area contributed by atoms with Gasteiger partial charge in [-0.25, -0.2) is 8.42 Å². The van der Waals surface area contributed by atoms with E-state index in [0.29, 0.717) is 22.1 Å². The number of halogens is 1. The van der Waals surface area contributed by atoms with Gasteiger partial charge in [-0.1, -0.05) is 36.7 Å². The minimum Gasteiger partial charge on any atom is -0.493 e. The molecule has 0 aliphatic carbocycles. The van der Waals surface area contributed by atoms with Gasteiger partial charge in [0.05, 0.1) is 26.2 Å². The lowest BCUT2D eigenvalue weighted by Crippen LogP contribution is -2.52. The molecule has 0 fully saturated rings. The van der Waals surface area contributed by atoms with E-state index in [0.717, 1.165) is 17.0 Å². The standard InChI is InChI=1S/C25H34ClN3O6S/c1-7-17(2)27-25(31)18(3)28(15-19-10-8-9-11-21(19)26)24(30)16-29(36(6,32)33)20-12-13-22(34-4)23(14-20)35-5/h8-14,17-18H,7,15-16H2,1-6H3,(H,27,31)/t17-,18-/m1/s1. The molecule has 0 saturated carbocycles. The zero-order chi connectivity index (χ0) is 27.0. The molecule has 0 heterocycles. The van der Waals surface area contributed by atoms with Crippen LogP contribution in [0.4, 0.5) is 5.69 Å². The summed E-state index contributed by atoms with van der Waals surface area (Å²) in [6.07, 6.45) is 1.73. The Morgan fingerprint density at radius 2 is 1.69 bits per heavy atom. The molecular weight excluding hydrogens is 506 g/mol. The van der Waals surface area contributed by atoms with Crippen molar-refractivity contribution in [3.05, 3.63) is 53.1 Å². The molecule has 1 N–H and O–H groups in total. The van der Waals surface area contributed by atoms with E-state index in [2.05, 4.69) is 5.32 Å². The highest BCUT2D eigenvalue weighted by molar-refractivity contribution is 7.92. The topological polar surface area (TPSA) is 105 Å². The van der Waals surface area contributed by atoms with Crippen LogP contribution >= 0.6 is 11.6 Å². The van der Waals surface area contributed by atoms with Crippen molar-refractivity contribution < 1.29 is 27.5 Å². The Hall–Kier alpha value is -2.98. The molecule has 9 nitrogen and oxygen atoms in total. The highest BCUT2D eigenvalue weighted by Gasteiger charge is 2.31. The molecule has 2 aromatic carbocycles. The third-order valence-electron chi connectivity index (χ3n) is 5.80. The van der Waals surface area contributed by atoms with Crippen LogP contribution in [0.5, 0.6) is 11.5 Å². The lowest BCUT2D eigenvalue weighted by atomic mass is 10.1. The van der Waals surface area contributed by atoms with Crippen LogP contribution in [0.3, 0.4) is 0 Å². The number of methoxy groups -OCH3 is 2. The maximum absolute atomic E-state index is 13.6. The second-order valence-corrected chi connectivity index (χ2v) is 10.7. The molecule has 0 aromatic heterocycles. The first-order valence-corrected chi connectivity index (χ1v) is 13.7. The van der Waals surface area contributed by atoms with Crippen molar-refractivity contribution in [1.29, 1.82) is 0 Å². The zero-order valence-electron chi connectivity index (χ0n) is 21.4. The highest BCUT2D eigenvalue weighted by Crippen LogP contribution is 2.32.